The Labute approximate surface area is 104 Å². The second-order valence-corrected chi connectivity index (χ2v) is 5.98. The van der Waals surface area contributed by atoms with Gasteiger partial charge in [-0.3, -0.25) is 0 Å². The molecule has 0 aromatic carbocycles. The van der Waals surface area contributed by atoms with Crippen LogP contribution in [-0.2, 0) is 0 Å². The highest BCUT2D eigenvalue weighted by Gasteiger charge is 2.15. The highest BCUT2D eigenvalue weighted by Crippen LogP contribution is 2.28. The number of hydrogen-bond acceptors (Lipinski definition) is 3. The van der Waals surface area contributed by atoms with Crippen LogP contribution < -0.4 is 10.2 Å². The molecular formula is C11H17BrN2S. The molecule has 2 heterocycles. The summed E-state index contributed by atoms with van der Waals surface area (Å²) in [6.45, 7) is 3.56. The van der Waals surface area contributed by atoms with Gasteiger partial charge in [0.25, 0.3) is 0 Å². The lowest BCUT2D eigenvalue weighted by molar-refractivity contribution is 0.378. The average molecular weight is 289 g/mol. The molecule has 0 saturated carbocycles. The van der Waals surface area contributed by atoms with Crippen LogP contribution in [0.4, 0.5) is 5.00 Å². The van der Waals surface area contributed by atoms with E-state index < -0.39 is 0 Å². The summed E-state index contributed by atoms with van der Waals surface area (Å²) in [6.07, 6.45) is 2.63. The maximum atomic E-state index is 3.50. The molecule has 0 atom stereocenters. The summed E-state index contributed by atoms with van der Waals surface area (Å²) < 4.78 is 1.19. The molecule has 4 heteroatoms. The first-order valence-corrected chi connectivity index (χ1v) is 7.09. The van der Waals surface area contributed by atoms with Gasteiger partial charge in [0.15, 0.2) is 0 Å². The van der Waals surface area contributed by atoms with Gasteiger partial charge in [-0.05, 0) is 53.8 Å². The standard InChI is InChI=1S/C11H17BrN2S/c1-14(11-6-10(12)8-15-11)7-9-2-4-13-5-3-9/h6,8-9,13H,2-5,7H2,1H3. The largest absolute Gasteiger partial charge is 0.366 e. The molecule has 1 aromatic heterocycles. The predicted molar refractivity (Wildman–Crippen MR) is 70.9 cm³/mol. The van der Waals surface area contributed by atoms with Gasteiger partial charge in [0.05, 0.1) is 5.00 Å². The van der Waals surface area contributed by atoms with E-state index in [-0.39, 0.29) is 0 Å². The summed E-state index contributed by atoms with van der Waals surface area (Å²) in [7, 11) is 2.19. The molecule has 1 aliphatic rings. The molecule has 84 valence electrons. The van der Waals surface area contributed by atoms with Crippen LogP contribution in [0.2, 0.25) is 0 Å². The van der Waals surface area contributed by atoms with Crippen molar-refractivity contribution < 1.29 is 0 Å². The molecule has 0 aliphatic carbocycles. The Morgan fingerprint density at radius 3 is 2.87 bits per heavy atom. The Hall–Kier alpha value is -0.0600. The second kappa shape index (κ2) is 5.32. The molecule has 2 nitrogen and oxygen atoms in total. The molecule has 0 radical (unpaired) electrons. The van der Waals surface area contributed by atoms with Crippen molar-refractivity contribution in [1.29, 1.82) is 0 Å². The molecule has 1 N–H and O–H groups in total. The lowest BCUT2D eigenvalue weighted by Gasteiger charge is -2.27. The zero-order chi connectivity index (χ0) is 10.7. The van der Waals surface area contributed by atoms with Crippen molar-refractivity contribution in [2.45, 2.75) is 12.8 Å². The van der Waals surface area contributed by atoms with Crippen LogP contribution in [0.25, 0.3) is 0 Å². The molecule has 1 fully saturated rings. The normalized spacial score (nSPS) is 18.0. The van der Waals surface area contributed by atoms with Crippen LogP contribution in [0.5, 0.6) is 0 Å². The number of anilines is 1. The first-order valence-electron chi connectivity index (χ1n) is 5.41. The monoisotopic (exact) mass is 288 g/mol. The first kappa shape index (κ1) is 11.4. The SMILES string of the molecule is CN(CC1CCNCC1)c1cc(Br)cs1. The fourth-order valence-electron chi connectivity index (χ4n) is 2.04. The highest BCUT2D eigenvalue weighted by atomic mass is 79.9. The number of hydrogen-bond donors (Lipinski definition) is 1. The van der Waals surface area contributed by atoms with Crippen molar-refractivity contribution in [1.82, 2.24) is 5.32 Å². The van der Waals surface area contributed by atoms with Crippen molar-refractivity contribution in [2.24, 2.45) is 5.92 Å². The van der Waals surface area contributed by atoms with E-state index in [2.05, 4.69) is 44.6 Å². The minimum absolute atomic E-state index is 0.858. The predicted octanol–water partition coefficient (Wildman–Crippen LogP) is 2.95. The van der Waals surface area contributed by atoms with Gasteiger partial charge in [-0.1, -0.05) is 0 Å². The van der Waals surface area contributed by atoms with Crippen LogP contribution in [-0.4, -0.2) is 26.7 Å². The van der Waals surface area contributed by atoms with Crippen molar-refractivity contribution in [3.05, 3.63) is 15.9 Å². The molecule has 2 rings (SSSR count). The number of piperidine rings is 1. The van der Waals surface area contributed by atoms with Gasteiger partial charge >= 0.3 is 0 Å². The Balaban J connectivity index is 1.88. The van der Waals surface area contributed by atoms with E-state index in [0.29, 0.717) is 0 Å². The van der Waals surface area contributed by atoms with Crippen LogP contribution in [0.15, 0.2) is 15.9 Å². The Morgan fingerprint density at radius 1 is 1.53 bits per heavy atom. The fourth-order valence-corrected chi connectivity index (χ4v) is 3.44. The Bertz CT molecular complexity index is 307. The van der Waals surface area contributed by atoms with Crippen LogP contribution >= 0.6 is 27.3 Å². The van der Waals surface area contributed by atoms with Crippen LogP contribution in [0, 0.1) is 5.92 Å². The third-order valence-electron chi connectivity index (χ3n) is 2.92. The number of halogens is 1. The average Bonchev–Trinajstić information content (AvgIpc) is 2.66. The number of nitrogens with zero attached hydrogens (tertiary/aromatic N) is 1. The van der Waals surface area contributed by atoms with Gasteiger partial charge in [-0.15, -0.1) is 11.3 Å². The summed E-state index contributed by atoms with van der Waals surface area (Å²) in [4.78, 5) is 2.38. The molecule has 0 spiro atoms. The van der Waals surface area contributed by atoms with E-state index in [0.717, 1.165) is 5.92 Å². The summed E-state index contributed by atoms with van der Waals surface area (Å²) >= 11 is 5.31. The van der Waals surface area contributed by atoms with E-state index >= 15 is 0 Å². The fraction of sp³-hybridized carbons (Fsp3) is 0.636. The molecule has 0 unspecified atom stereocenters. The van der Waals surface area contributed by atoms with E-state index in [1.54, 1.807) is 0 Å². The second-order valence-electron chi connectivity index (χ2n) is 4.18. The molecule has 1 aromatic rings. The van der Waals surface area contributed by atoms with Crippen LogP contribution in [0.1, 0.15) is 12.8 Å². The number of rotatable bonds is 3. The molecule has 0 bridgehead atoms. The van der Waals surface area contributed by atoms with Crippen molar-refractivity contribution in [3.63, 3.8) is 0 Å². The smallest absolute Gasteiger partial charge is 0.0917 e. The van der Waals surface area contributed by atoms with Crippen molar-refractivity contribution in [2.75, 3.05) is 31.6 Å². The minimum Gasteiger partial charge on any atom is -0.366 e. The zero-order valence-electron chi connectivity index (χ0n) is 9.00. The Morgan fingerprint density at radius 2 is 2.27 bits per heavy atom. The lowest BCUT2D eigenvalue weighted by Crippen LogP contribution is -2.34. The maximum Gasteiger partial charge on any atom is 0.0917 e. The van der Waals surface area contributed by atoms with E-state index in [9.17, 15) is 0 Å². The highest BCUT2D eigenvalue weighted by molar-refractivity contribution is 9.10. The van der Waals surface area contributed by atoms with Gasteiger partial charge < -0.3 is 10.2 Å². The minimum atomic E-state index is 0.858. The lowest BCUT2D eigenvalue weighted by atomic mass is 9.98. The van der Waals surface area contributed by atoms with Gasteiger partial charge in [0.1, 0.15) is 0 Å². The zero-order valence-corrected chi connectivity index (χ0v) is 11.4. The van der Waals surface area contributed by atoms with Crippen molar-refractivity contribution in [3.8, 4) is 0 Å². The third-order valence-corrected chi connectivity index (χ3v) is 4.72. The van der Waals surface area contributed by atoms with Gasteiger partial charge in [0.2, 0.25) is 0 Å². The molecular weight excluding hydrogens is 272 g/mol. The van der Waals surface area contributed by atoms with Crippen molar-refractivity contribution >= 4 is 32.3 Å². The molecule has 1 saturated heterocycles. The number of nitrogens with one attached hydrogen (secondary N) is 1. The molecule has 0 amide bonds. The third kappa shape index (κ3) is 3.20. The van der Waals surface area contributed by atoms with E-state index in [1.165, 1.54) is 41.9 Å². The summed E-state index contributed by atoms with van der Waals surface area (Å²) in [6, 6.07) is 2.20. The molecule has 15 heavy (non-hydrogen) atoms. The molecule has 1 aliphatic heterocycles. The van der Waals surface area contributed by atoms with Gasteiger partial charge in [-0.25, -0.2) is 0 Å². The Kier molecular flexibility index (Phi) is 4.05. The first-order chi connectivity index (χ1) is 7.25. The summed E-state index contributed by atoms with van der Waals surface area (Å²) in [5, 5.41) is 6.92. The summed E-state index contributed by atoms with van der Waals surface area (Å²) in [5.74, 6) is 0.858. The number of thiophene rings is 1. The topological polar surface area (TPSA) is 15.3 Å². The quantitative estimate of drug-likeness (QED) is 0.920. The van der Waals surface area contributed by atoms with Crippen LogP contribution in [0.3, 0.4) is 0 Å². The van der Waals surface area contributed by atoms with E-state index in [4.69, 9.17) is 0 Å². The maximum absolute atomic E-state index is 3.50. The van der Waals surface area contributed by atoms with Gasteiger partial charge in [-0.2, -0.15) is 0 Å². The summed E-state index contributed by atoms with van der Waals surface area (Å²) in [5.41, 5.74) is 0. The van der Waals surface area contributed by atoms with E-state index in [1.807, 2.05) is 11.3 Å². The van der Waals surface area contributed by atoms with Gasteiger partial charge in [0, 0.05) is 23.4 Å².